The highest BCUT2D eigenvalue weighted by Gasteiger charge is 2.36. The number of carbonyl (C=O) groups is 1. The van der Waals surface area contributed by atoms with Crippen molar-refractivity contribution in [1.29, 1.82) is 0 Å². The Hall–Kier alpha value is -2.89. The first kappa shape index (κ1) is 19.4. The van der Waals surface area contributed by atoms with Crippen molar-refractivity contribution in [3.63, 3.8) is 0 Å². The van der Waals surface area contributed by atoms with Crippen molar-refractivity contribution in [3.8, 4) is 23.4 Å². The van der Waals surface area contributed by atoms with Gasteiger partial charge in [-0.1, -0.05) is 24.4 Å². The van der Waals surface area contributed by atoms with Crippen LogP contribution in [0.4, 0.5) is 0 Å². The third-order valence-electron chi connectivity index (χ3n) is 4.39. The van der Waals surface area contributed by atoms with Gasteiger partial charge in [-0.25, -0.2) is 15.0 Å². The Balaban J connectivity index is 1.90. The predicted octanol–water partition coefficient (Wildman–Crippen LogP) is 3.74. The van der Waals surface area contributed by atoms with E-state index in [9.17, 15) is 4.79 Å². The van der Waals surface area contributed by atoms with Crippen molar-refractivity contribution >= 4 is 28.7 Å². The van der Waals surface area contributed by atoms with Crippen LogP contribution in [-0.4, -0.2) is 38.2 Å². The molecule has 0 saturated carbocycles. The standard InChI is InChI=1S/C20H19ClN4O4/c1-3-4-5-8-15-22-17(21)16-19(23-15)25(18(24-16)13-7-6-10-27-13)20-14(9-11-28-20)29-12(2)26/h6-7,10,14,20H,3-4,9,11H2,1-2H3. The lowest BCUT2D eigenvalue weighted by molar-refractivity contribution is -0.151. The fraction of sp³-hybridized carbons (Fsp3) is 0.400. The molecule has 2 atom stereocenters. The molecule has 29 heavy (non-hydrogen) atoms. The van der Waals surface area contributed by atoms with Gasteiger partial charge in [-0.2, -0.15) is 0 Å². The highest BCUT2D eigenvalue weighted by molar-refractivity contribution is 6.33. The van der Waals surface area contributed by atoms with E-state index in [-0.39, 0.29) is 11.1 Å². The summed E-state index contributed by atoms with van der Waals surface area (Å²) in [7, 11) is 0. The van der Waals surface area contributed by atoms with Gasteiger partial charge < -0.3 is 13.9 Å². The summed E-state index contributed by atoms with van der Waals surface area (Å²) in [5.74, 6) is 6.84. The maximum atomic E-state index is 11.6. The van der Waals surface area contributed by atoms with Gasteiger partial charge in [0.2, 0.25) is 5.82 Å². The van der Waals surface area contributed by atoms with Crippen LogP contribution in [0.15, 0.2) is 22.8 Å². The van der Waals surface area contributed by atoms with Crippen LogP contribution in [0.1, 0.15) is 45.2 Å². The number of nitrogens with zero attached hydrogens (tertiary/aromatic N) is 4. The monoisotopic (exact) mass is 414 g/mol. The quantitative estimate of drug-likeness (QED) is 0.364. The fourth-order valence-electron chi connectivity index (χ4n) is 3.21. The van der Waals surface area contributed by atoms with Crippen molar-refractivity contribution < 1.29 is 18.7 Å². The van der Waals surface area contributed by atoms with Crippen molar-refractivity contribution in [3.05, 3.63) is 29.4 Å². The maximum Gasteiger partial charge on any atom is 0.303 e. The Labute approximate surface area is 172 Å². The molecule has 2 unspecified atom stereocenters. The van der Waals surface area contributed by atoms with Crippen molar-refractivity contribution in [2.45, 2.75) is 45.4 Å². The van der Waals surface area contributed by atoms with Gasteiger partial charge in [-0.3, -0.25) is 9.36 Å². The second kappa shape index (κ2) is 8.23. The van der Waals surface area contributed by atoms with Crippen LogP contribution < -0.4 is 0 Å². The molecule has 1 saturated heterocycles. The number of furan rings is 1. The number of unbranched alkanes of at least 4 members (excludes halogenated alkanes) is 1. The Kier molecular flexibility index (Phi) is 5.51. The van der Waals surface area contributed by atoms with Gasteiger partial charge >= 0.3 is 5.97 Å². The minimum atomic E-state index is -0.619. The third-order valence-corrected chi connectivity index (χ3v) is 4.66. The summed E-state index contributed by atoms with van der Waals surface area (Å²) in [6, 6.07) is 3.53. The van der Waals surface area contributed by atoms with E-state index in [2.05, 4.69) is 26.8 Å². The van der Waals surface area contributed by atoms with Gasteiger partial charge in [0.1, 0.15) is 11.6 Å². The number of imidazole rings is 1. The zero-order valence-corrected chi connectivity index (χ0v) is 16.8. The molecule has 4 rings (SSSR count). The largest absolute Gasteiger partial charge is 0.461 e. The Morgan fingerprint density at radius 1 is 1.41 bits per heavy atom. The number of hydrogen-bond acceptors (Lipinski definition) is 7. The van der Waals surface area contributed by atoms with Crippen molar-refractivity contribution in [2.75, 3.05) is 6.61 Å². The fourth-order valence-corrected chi connectivity index (χ4v) is 3.42. The summed E-state index contributed by atoms with van der Waals surface area (Å²) >= 11 is 6.40. The summed E-state index contributed by atoms with van der Waals surface area (Å²) < 4.78 is 18.7. The molecular formula is C20H19ClN4O4. The number of aromatic nitrogens is 4. The average Bonchev–Trinajstić information content (AvgIpc) is 3.40. The van der Waals surface area contributed by atoms with E-state index in [1.165, 1.54) is 6.92 Å². The van der Waals surface area contributed by atoms with Crippen LogP contribution in [0.25, 0.3) is 22.7 Å². The molecule has 4 heterocycles. The number of rotatable bonds is 4. The molecule has 1 aliphatic rings. The van der Waals surface area contributed by atoms with Gasteiger partial charge in [-0.15, -0.1) is 0 Å². The second-order valence-corrected chi connectivity index (χ2v) is 6.90. The normalized spacial score (nSPS) is 18.6. The van der Waals surface area contributed by atoms with Crippen molar-refractivity contribution in [1.82, 2.24) is 19.5 Å². The van der Waals surface area contributed by atoms with Crippen LogP contribution in [-0.2, 0) is 14.3 Å². The molecule has 0 spiro atoms. The van der Waals surface area contributed by atoms with E-state index in [4.69, 9.17) is 25.5 Å². The first-order chi connectivity index (χ1) is 14.1. The number of carbonyl (C=O) groups excluding carboxylic acids is 1. The molecule has 150 valence electrons. The molecule has 0 radical (unpaired) electrons. The molecule has 0 N–H and O–H groups in total. The minimum Gasteiger partial charge on any atom is -0.461 e. The lowest BCUT2D eigenvalue weighted by atomic mass is 10.2. The molecule has 1 aliphatic heterocycles. The molecule has 0 bridgehead atoms. The van der Waals surface area contributed by atoms with Crippen LogP contribution in [0.2, 0.25) is 5.15 Å². The SMILES string of the molecule is CCCC#Cc1nc(Cl)c2nc(-c3ccco3)n(C3OCCC3OC(C)=O)c2n1. The Morgan fingerprint density at radius 3 is 3.00 bits per heavy atom. The van der Waals surface area contributed by atoms with E-state index in [0.717, 1.165) is 12.8 Å². The lowest BCUT2D eigenvalue weighted by Crippen LogP contribution is -2.25. The zero-order valence-electron chi connectivity index (χ0n) is 16.0. The molecule has 0 aliphatic carbocycles. The number of hydrogen-bond donors (Lipinski definition) is 0. The molecule has 0 aromatic carbocycles. The number of esters is 1. The second-order valence-electron chi connectivity index (χ2n) is 6.54. The summed E-state index contributed by atoms with van der Waals surface area (Å²) in [6.45, 7) is 3.85. The van der Waals surface area contributed by atoms with E-state index in [1.54, 1.807) is 23.0 Å². The highest BCUT2D eigenvalue weighted by Crippen LogP contribution is 2.36. The van der Waals surface area contributed by atoms with Gasteiger partial charge in [0, 0.05) is 19.8 Å². The number of halogens is 1. The maximum absolute atomic E-state index is 11.6. The average molecular weight is 415 g/mol. The van der Waals surface area contributed by atoms with E-state index >= 15 is 0 Å². The molecule has 9 heteroatoms. The van der Waals surface area contributed by atoms with Crippen LogP contribution in [0.5, 0.6) is 0 Å². The van der Waals surface area contributed by atoms with Crippen LogP contribution in [0, 0.1) is 11.8 Å². The first-order valence-corrected chi connectivity index (χ1v) is 9.73. The van der Waals surface area contributed by atoms with Gasteiger partial charge in [0.05, 0.1) is 12.9 Å². The van der Waals surface area contributed by atoms with E-state index < -0.39 is 12.3 Å². The lowest BCUT2D eigenvalue weighted by Gasteiger charge is -2.21. The van der Waals surface area contributed by atoms with Crippen LogP contribution in [0.3, 0.4) is 0 Å². The Bertz CT molecular complexity index is 1100. The third kappa shape index (κ3) is 3.84. The van der Waals surface area contributed by atoms with Crippen molar-refractivity contribution in [2.24, 2.45) is 0 Å². The van der Waals surface area contributed by atoms with E-state index in [0.29, 0.717) is 41.6 Å². The summed E-state index contributed by atoms with van der Waals surface area (Å²) in [5, 5.41) is 0.185. The van der Waals surface area contributed by atoms with Gasteiger partial charge in [0.15, 0.2) is 28.6 Å². The summed E-state index contributed by atoms with van der Waals surface area (Å²) in [6.07, 6.45) is 2.67. The minimum absolute atomic E-state index is 0.185. The molecule has 1 fully saturated rings. The van der Waals surface area contributed by atoms with Gasteiger partial charge in [-0.05, 0) is 24.5 Å². The van der Waals surface area contributed by atoms with Crippen LogP contribution >= 0.6 is 11.6 Å². The zero-order chi connectivity index (χ0) is 20.4. The summed E-state index contributed by atoms with van der Waals surface area (Å²) in [4.78, 5) is 25.0. The molecule has 0 amide bonds. The van der Waals surface area contributed by atoms with Gasteiger partial charge in [0.25, 0.3) is 0 Å². The topological polar surface area (TPSA) is 92.3 Å². The Morgan fingerprint density at radius 2 is 2.28 bits per heavy atom. The number of fused-ring (bicyclic) bond motifs is 1. The molecule has 8 nitrogen and oxygen atoms in total. The molecule has 3 aromatic rings. The van der Waals surface area contributed by atoms with E-state index in [1.807, 2.05) is 6.92 Å². The number of ether oxygens (including phenoxy) is 2. The highest BCUT2D eigenvalue weighted by atomic mass is 35.5. The molecular weight excluding hydrogens is 396 g/mol. The summed E-state index contributed by atoms with van der Waals surface area (Å²) in [5.41, 5.74) is 0.845. The predicted molar refractivity (Wildman–Crippen MR) is 105 cm³/mol. The first-order valence-electron chi connectivity index (χ1n) is 9.35. The smallest absolute Gasteiger partial charge is 0.303 e. The molecule has 3 aromatic heterocycles.